The van der Waals surface area contributed by atoms with Crippen molar-refractivity contribution in [3.05, 3.63) is 27.7 Å². The van der Waals surface area contributed by atoms with Crippen LogP contribution < -0.4 is 10.5 Å². The summed E-state index contributed by atoms with van der Waals surface area (Å²) in [6.07, 6.45) is 0. The van der Waals surface area contributed by atoms with Crippen LogP contribution >= 0.6 is 35.4 Å². The van der Waals surface area contributed by atoms with Gasteiger partial charge in [0, 0.05) is 0 Å². The molecule has 0 spiro atoms. The van der Waals surface area contributed by atoms with Crippen LogP contribution in [0.1, 0.15) is 10.4 Å². The Hall–Kier alpha value is -1.04. The van der Waals surface area contributed by atoms with E-state index in [4.69, 9.17) is 38.4 Å². The first-order valence-electron chi connectivity index (χ1n) is 4.44. The highest BCUT2D eigenvalue weighted by Gasteiger charge is 2.20. The number of carbonyl (C=O) groups is 1. The van der Waals surface area contributed by atoms with Crippen molar-refractivity contribution in [1.29, 1.82) is 0 Å². The molecule has 1 aromatic carbocycles. The van der Waals surface area contributed by atoms with E-state index in [0.717, 1.165) is 0 Å². The van der Waals surface area contributed by atoms with Gasteiger partial charge in [0.2, 0.25) is 0 Å². The lowest BCUT2D eigenvalue weighted by molar-refractivity contribution is 0.0561. The van der Waals surface area contributed by atoms with E-state index in [1.54, 1.807) is 0 Å². The zero-order valence-electron chi connectivity index (χ0n) is 8.83. The summed E-state index contributed by atoms with van der Waals surface area (Å²) in [5, 5.41) is 0.443. The van der Waals surface area contributed by atoms with Crippen LogP contribution in [-0.4, -0.2) is 24.7 Å². The van der Waals surface area contributed by atoms with Gasteiger partial charge in [0.15, 0.2) is 5.75 Å². The van der Waals surface area contributed by atoms with Gasteiger partial charge in [-0.2, -0.15) is 0 Å². The molecule has 0 saturated carbocycles. The van der Waals surface area contributed by atoms with Crippen LogP contribution in [0.25, 0.3) is 0 Å². The predicted octanol–water partition coefficient (Wildman–Crippen LogP) is 2.44. The fraction of sp³-hybridized carbons (Fsp3) is 0.200. The molecule has 0 aliphatic heterocycles. The molecule has 0 saturated heterocycles. The predicted molar refractivity (Wildman–Crippen MR) is 70.1 cm³/mol. The maximum Gasteiger partial charge on any atom is 0.343 e. The van der Waals surface area contributed by atoms with Crippen molar-refractivity contribution in [2.75, 3.05) is 13.7 Å². The van der Waals surface area contributed by atoms with Crippen LogP contribution in [0.15, 0.2) is 12.1 Å². The number of nitrogens with two attached hydrogens (primary N) is 1. The Morgan fingerprint density at radius 1 is 1.41 bits per heavy atom. The van der Waals surface area contributed by atoms with Crippen LogP contribution in [0, 0.1) is 0 Å². The average Bonchev–Trinajstić information content (AvgIpc) is 2.28. The molecule has 17 heavy (non-hydrogen) atoms. The second-order valence-corrected chi connectivity index (χ2v) is 4.32. The van der Waals surface area contributed by atoms with Gasteiger partial charge in [-0.25, -0.2) is 4.79 Å². The molecule has 0 aliphatic rings. The van der Waals surface area contributed by atoms with Gasteiger partial charge in [-0.05, 0) is 12.1 Å². The summed E-state index contributed by atoms with van der Waals surface area (Å²) in [4.78, 5) is 11.8. The molecule has 2 N–H and O–H groups in total. The third-order valence-electron chi connectivity index (χ3n) is 1.81. The molecule has 0 fully saturated rings. The molecule has 4 nitrogen and oxygen atoms in total. The minimum absolute atomic E-state index is 0.0536. The van der Waals surface area contributed by atoms with Gasteiger partial charge in [0.05, 0.1) is 17.2 Å². The van der Waals surface area contributed by atoms with E-state index in [1.165, 1.54) is 19.2 Å². The lowest BCUT2D eigenvalue weighted by Crippen LogP contribution is -2.19. The number of esters is 1. The van der Waals surface area contributed by atoms with E-state index < -0.39 is 5.97 Å². The Labute approximate surface area is 114 Å². The van der Waals surface area contributed by atoms with Gasteiger partial charge < -0.3 is 15.2 Å². The first kappa shape index (κ1) is 14.0. The minimum Gasteiger partial charge on any atom is -0.494 e. The molecule has 0 radical (unpaired) electrons. The summed E-state index contributed by atoms with van der Waals surface area (Å²) < 4.78 is 9.84. The zero-order chi connectivity index (χ0) is 13.0. The second-order valence-electron chi connectivity index (χ2n) is 2.98. The Balaban J connectivity index is 3.07. The summed E-state index contributed by atoms with van der Waals surface area (Å²) in [6, 6.07) is 3.00. The van der Waals surface area contributed by atoms with Crippen molar-refractivity contribution in [1.82, 2.24) is 0 Å². The Morgan fingerprint density at radius 2 is 2.00 bits per heavy atom. The van der Waals surface area contributed by atoms with Gasteiger partial charge >= 0.3 is 5.97 Å². The molecule has 0 atom stereocenters. The molecule has 92 valence electrons. The quantitative estimate of drug-likeness (QED) is 0.682. The number of hydrogen-bond donors (Lipinski definition) is 1. The number of benzene rings is 1. The second kappa shape index (κ2) is 6.05. The van der Waals surface area contributed by atoms with Crippen molar-refractivity contribution < 1.29 is 14.3 Å². The fourth-order valence-corrected chi connectivity index (χ4v) is 1.65. The van der Waals surface area contributed by atoms with Crippen LogP contribution in [0.5, 0.6) is 5.75 Å². The molecule has 1 rings (SSSR count). The number of hydrogen-bond acceptors (Lipinski definition) is 4. The van der Waals surface area contributed by atoms with E-state index in [9.17, 15) is 4.79 Å². The molecule has 0 aromatic heterocycles. The molecule has 1 aromatic rings. The number of halogens is 2. The van der Waals surface area contributed by atoms with E-state index >= 15 is 0 Å². The molecular formula is C10H9Cl2NO3S. The molecule has 0 heterocycles. The van der Waals surface area contributed by atoms with Gasteiger partial charge in [-0.15, -0.1) is 0 Å². The fourth-order valence-electron chi connectivity index (χ4n) is 1.13. The lowest BCUT2D eigenvalue weighted by atomic mass is 10.2. The summed E-state index contributed by atoms with van der Waals surface area (Å²) in [5.41, 5.74) is 5.27. The first-order chi connectivity index (χ1) is 7.97. The number of thiocarbonyl (C=S) groups is 1. The minimum atomic E-state index is -0.692. The molecule has 0 aliphatic carbocycles. The van der Waals surface area contributed by atoms with Gasteiger partial charge in [-0.3, -0.25) is 0 Å². The summed E-state index contributed by atoms with van der Waals surface area (Å²) in [6.45, 7) is -0.167. The Bertz CT molecular complexity index is 465. The van der Waals surface area contributed by atoms with Crippen molar-refractivity contribution in [3.63, 3.8) is 0 Å². The maximum absolute atomic E-state index is 11.7. The van der Waals surface area contributed by atoms with Crippen LogP contribution in [0.4, 0.5) is 0 Å². The summed E-state index contributed by atoms with van der Waals surface area (Å²) in [7, 11) is 1.38. The van der Waals surface area contributed by atoms with Crippen LogP contribution in [0.2, 0.25) is 10.0 Å². The number of rotatable bonds is 4. The molecule has 0 amide bonds. The van der Waals surface area contributed by atoms with Gasteiger partial charge in [0.25, 0.3) is 0 Å². The van der Waals surface area contributed by atoms with E-state index in [2.05, 4.69) is 12.2 Å². The molecule has 0 bridgehead atoms. The van der Waals surface area contributed by atoms with Crippen LogP contribution in [-0.2, 0) is 4.74 Å². The standard InChI is InChI=1S/C10H9Cl2NO3S/c1-15-9-6(12)3-2-5(11)8(9)10(14)16-4-7(13)17/h2-3H,4H2,1H3,(H2,13,17). The van der Waals surface area contributed by atoms with Crippen molar-refractivity contribution in [3.8, 4) is 5.75 Å². The van der Waals surface area contributed by atoms with E-state index in [0.29, 0.717) is 0 Å². The largest absolute Gasteiger partial charge is 0.494 e. The smallest absolute Gasteiger partial charge is 0.343 e. The highest BCUT2D eigenvalue weighted by atomic mass is 35.5. The normalized spacial score (nSPS) is 9.82. The van der Waals surface area contributed by atoms with Crippen LogP contribution in [0.3, 0.4) is 0 Å². The zero-order valence-corrected chi connectivity index (χ0v) is 11.2. The van der Waals surface area contributed by atoms with Gasteiger partial charge in [-0.1, -0.05) is 35.4 Å². The maximum atomic E-state index is 11.7. The first-order valence-corrected chi connectivity index (χ1v) is 5.61. The Kier molecular flexibility index (Phi) is 4.99. The molecular weight excluding hydrogens is 285 g/mol. The SMILES string of the molecule is COc1c(Cl)ccc(Cl)c1C(=O)OCC(N)=S. The van der Waals surface area contributed by atoms with Crippen molar-refractivity contribution in [2.24, 2.45) is 5.73 Å². The number of ether oxygens (including phenoxy) is 2. The lowest BCUT2D eigenvalue weighted by Gasteiger charge is -2.11. The van der Waals surface area contributed by atoms with Crippen molar-refractivity contribution in [2.45, 2.75) is 0 Å². The highest BCUT2D eigenvalue weighted by molar-refractivity contribution is 7.80. The third-order valence-corrected chi connectivity index (χ3v) is 2.54. The van der Waals surface area contributed by atoms with E-state index in [-0.39, 0.29) is 33.0 Å². The molecule has 7 heteroatoms. The Morgan fingerprint density at radius 3 is 2.53 bits per heavy atom. The summed E-state index contributed by atoms with van der Waals surface area (Å²) in [5.74, 6) is -0.533. The topological polar surface area (TPSA) is 61.5 Å². The molecule has 0 unspecified atom stereocenters. The highest BCUT2D eigenvalue weighted by Crippen LogP contribution is 2.34. The third kappa shape index (κ3) is 3.46. The van der Waals surface area contributed by atoms with E-state index in [1.807, 2.05) is 0 Å². The average molecular weight is 294 g/mol. The number of methoxy groups -OCH3 is 1. The monoisotopic (exact) mass is 293 g/mol. The number of carbonyl (C=O) groups excluding carboxylic acids is 1. The van der Waals surface area contributed by atoms with Gasteiger partial charge in [0.1, 0.15) is 17.2 Å². The van der Waals surface area contributed by atoms with Crippen molar-refractivity contribution >= 4 is 46.4 Å². The summed E-state index contributed by atoms with van der Waals surface area (Å²) >= 11 is 16.3.